The van der Waals surface area contributed by atoms with Crippen LogP contribution in [-0.2, 0) is 9.53 Å². The van der Waals surface area contributed by atoms with E-state index in [1.54, 1.807) is 36.4 Å². The van der Waals surface area contributed by atoms with Gasteiger partial charge in [0.15, 0.2) is 0 Å². The zero-order valence-corrected chi connectivity index (χ0v) is 15.8. The van der Waals surface area contributed by atoms with Crippen molar-refractivity contribution in [3.8, 4) is 5.75 Å². The summed E-state index contributed by atoms with van der Waals surface area (Å²) in [6.07, 6.45) is 1.09. The average Bonchev–Trinajstić information content (AvgIpc) is 2.67. The Kier molecular flexibility index (Phi) is 8.32. The minimum atomic E-state index is -0.214. The van der Waals surface area contributed by atoms with E-state index in [0.29, 0.717) is 49.6 Å². The molecule has 6 heteroatoms. The molecule has 0 fully saturated rings. The Morgan fingerprint density at radius 2 is 1.48 bits per heavy atom. The molecular weight excluding hydrogens is 344 g/mol. The molecule has 0 heterocycles. The number of amides is 2. The van der Waals surface area contributed by atoms with E-state index in [9.17, 15) is 9.59 Å². The summed E-state index contributed by atoms with van der Waals surface area (Å²) in [6, 6.07) is 14.0. The summed E-state index contributed by atoms with van der Waals surface area (Å²) < 4.78 is 10.6. The number of nitrogens with one attached hydrogen (secondary N) is 2. The Morgan fingerprint density at radius 1 is 0.852 bits per heavy atom. The van der Waals surface area contributed by atoms with E-state index >= 15 is 0 Å². The SMILES string of the molecule is CCOCCCC(=O)Nc1ccc(C(=O)Nc2ccc(OCC)cc2)cc1. The first kappa shape index (κ1) is 20.5. The van der Waals surface area contributed by atoms with Gasteiger partial charge in [-0.3, -0.25) is 9.59 Å². The third-order valence-corrected chi connectivity index (χ3v) is 3.75. The molecule has 0 spiro atoms. The molecule has 0 unspecified atom stereocenters. The third-order valence-electron chi connectivity index (χ3n) is 3.75. The maximum atomic E-state index is 12.3. The standard InChI is InChI=1S/C21H26N2O4/c1-3-26-15-5-6-20(24)22-17-9-7-16(8-10-17)21(25)23-18-11-13-19(14-12-18)27-4-2/h7-14H,3-6,15H2,1-2H3,(H,22,24)(H,23,25). The molecule has 0 saturated heterocycles. The molecule has 0 aliphatic carbocycles. The summed E-state index contributed by atoms with van der Waals surface area (Å²) in [6.45, 7) is 5.67. The lowest BCUT2D eigenvalue weighted by Crippen LogP contribution is -2.14. The molecule has 2 amide bonds. The molecule has 6 nitrogen and oxygen atoms in total. The van der Waals surface area contributed by atoms with Gasteiger partial charge in [-0.1, -0.05) is 0 Å². The van der Waals surface area contributed by atoms with Gasteiger partial charge in [0.1, 0.15) is 5.75 Å². The number of anilines is 2. The second kappa shape index (κ2) is 11.0. The molecule has 144 valence electrons. The van der Waals surface area contributed by atoms with Crippen LogP contribution in [0.5, 0.6) is 5.75 Å². The first-order valence-corrected chi connectivity index (χ1v) is 9.14. The molecule has 0 atom stereocenters. The van der Waals surface area contributed by atoms with Crippen LogP contribution in [0, 0.1) is 0 Å². The lowest BCUT2D eigenvalue weighted by Gasteiger charge is -2.09. The molecule has 2 N–H and O–H groups in total. The van der Waals surface area contributed by atoms with Gasteiger partial charge in [-0.2, -0.15) is 0 Å². The van der Waals surface area contributed by atoms with E-state index in [-0.39, 0.29) is 11.8 Å². The zero-order chi connectivity index (χ0) is 19.5. The Bertz CT molecular complexity index is 727. The van der Waals surface area contributed by atoms with Gasteiger partial charge < -0.3 is 20.1 Å². The van der Waals surface area contributed by atoms with Gasteiger partial charge in [-0.05, 0) is 68.8 Å². The van der Waals surface area contributed by atoms with Crippen molar-refractivity contribution in [3.05, 3.63) is 54.1 Å². The molecule has 0 radical (unpaired) electrons. The molecular formula is C21H26N2O4. The van der Waals surface area contributed by atoms with Crippen LogP contribution in [0.4, 0.5) is 11.4 Å². The number of hydrogen-bond acceptors (Lipinski definition) is 4. The lowest BCUT2D eigenvalue weighted by molar-refractivity contribution is -0.116. The second-order valence-electron chi connectivity index (χ2n) is 5.84. The molecule has 0 aliphatic heterocycles. The minimum Gasteiger partial charge on any atom is -0.494 e. The Balaban J connectivity index is 1.84. The van der Waals surface area contributed by atoms with Gasteiger partial charge in [-0.15, -0.1) is 0 Å². The van der Waals surface area contributed by atoms with Gasteiger partial charge in [0.05, 0.1) is 6.61 Å². The van der Waals surface area contributed by atoms with Crippen molar-refractivity contribution in [2.45, 2.75) is 26.7 Å². The summed E-state index contributed by atoms with van der Waals surface area (Å²) in [4.78, 5) is 24.2. The highest BCUT2D eigenvalue weighted by atomic mass is 16.5. The van der Waals surface area contributed by atoms with E-state index in [1.165, 1.54) is 0 Å². The number of carbonyl (C=O) groups excluding carboxylic acids is 2. The number of ether oxygens (including phenoxy) is 2. The predicted octanol–water partition coefficient (Wildman–Crippen LogP) is 4.09. The number of carbonyl (C=O) groups is 2. The maximum Gasteiger partial charge on any atom is 0.255 e. The summed E-state index contributed by atoms with van der Waals surface area (Å²) >= 11 is 0. The van der Waals surface area contributed by atoms with E-state index in [0.717, 1.165) is 5.75 Å². The smallest absolute Gasteiger partial charge is 0.255 e. The molecule has 0 bridgehead atoms. The Morgan fingerprint density at radius 3 is 2.11 bits per heavy atom. The van der Waals surface area contributed by atoms with E-state index in [2.05, 4.69) is 10.6 Å². The molecule has 0 aromatic heterocycles. The van der Waals surface area contributed by atoms with Crippen LogP contribution in [0.2, 0.25) is 0 Å². The molecule has 27 heavy (non-hydrogen) atoms. The van der Waals surface area contributed by atoms with Crippen LogP contribution in [0.15, 0.2) is 48.5 Å². The fraction of sp³-hybridized carbons (Fsp3) is 0.333. The van der Waals surface area contributed by atoms with Gasteiger partial charge in [0.25, 0.3) is 5.91 Å². The highest BCUT2D eigenvalue weighted by Gasteiger charge is 2.07. The summed E-state index contributed by atoms with van der Waals surface area (Å²) in [5.74, 6) is 0.479. The molecule has 0 aliphatic rings. The van der Waals surface area contributed by atoms with Crippen molar-refractivity contribution < 1.29 is 19.1 Å². The topological polar surface area (TPSA) is 76.7 Å². The third kappa shape index (κ3) is 7.11. The minimum absolute atomic E-state index is 0.0682. The lowest BCUT2D eigenvalue weighted by atomic mass is 10.2. The van der Waals surface area contributed by atoms with Gasteiger partial charge in [-0.25, -0.2) is 0 Å². The van der Waals surface area contributed by atoms with Crippen molar-refractivity contribution in [1.82, 2.24) is 0 Å². The van der Waals surface area contributed by atoms with E-state index in [1.807, 2.05) is 26.0 Å². The van der Waals surface area contributed by atoms with Gasteiger partial charge in [0, 0.05) is 36.6 Å². The number of hydrogen-bond donors (Lipinski definition) is 2. The number of benzene rings is 2. The fourth-order valence-electron chi connectivity index (χ4n) is 2.41. The quantitative estimate of drug-likeness (QED) is 0.618. The number of rotatable bonds is 10. The van der Waals surface area contributed by atoms with Crippen LogP contribution in [0.3, 0.4) is 0 Å². The van der Waals surface area contributed by atoms with Crippen molar-refractivity contribution in [2.24, 2.45) is 0 Å². The van der Waals surface area contributed by atoms with E-state index in [4.69, 9.17) is 9.47 Å². The van der Waals surface area contributed by atoms with Crippen LogP contribution < -0.4 is 15.4 Å². The second-order valence-corrected chi connectivity index (χ2v) is 5.84. The van der Waals surface area contributed by atoms with Crippen LogP contribution in [0.1, 0.15) is 37.0 Å². The van der Waals surface area contributed by atoms with Gasteiger partial charge >= 0.3 is 0 Å². The van der Waals surface area contributed by atoms with Crippen LogP contribution >= 0.6 is 0 Å². The monoisotopic (exact) mass is 370 g/mol. The highest BCUT2D eigenvalue weighted by Crippen LogP contribution is 2.17. The molecule has 2 aromatic rings. The summed E-state index contributed by atoms with van der Waals surface area (Å²) in [5, 5.41) is 5.64. The Hall–Kier alpha value is -2.86. The first-order valence-electron chi connectivity index (χ1n) is 9.14. The predicted molar refractivity (Wildman–Crippen MR) is 106 cm³/mol. The molecule has 2 aromatic carbocycles. The average molecular weight is 370 g/mol. The summed E-state index contributed by atoms with van der Waals surface area (Å²) in [7, 11) is 0. The summed E-state index contributed by atoms with van der Waals surface area (Å²) in [5.41, 5.74) is 1.86. The largest absolute Gasteiger partial charge is 0.494 e. The molecule has 0 saturated carbocycles. The van der Waals surface area contributed by atoms with Gasteiger partial charge in [0.2, 0.25) is 5.91 Å². The van der Waals surface area contributed by atoms with Crippen molar-refractivity contribution in [2.75, 3.05) is 30.5 Å². The van der Waals surface area contributed by atoms with Crippen LogP contribution in [-0.4, -0.2) is 31.6 Å². The van der Waals surface area contributed by atoms with Crippen molar-refractivity contribution in [1.29, 1.82) is 0 Å². The maximum absolute atomic E-state index is 12.3. The first-order chi connectivity index (χ1) is 13.1. The zero-order valence-electron chi connectivity index (χ0n) is 15.8. The Labute approximate surface area is 159 Å². The normalized spacial score (nSPS) is 10.3. The van der Waals surface area contributed by atoms with Crippen molar-refractivity contribution in [3.63, 3.8) is 0 Å². The fourth-order valence-corrected chi connectivity index (χ4v) is 2.41. The highest BCUT2D eigenvalue weighted by molar-refractivity contribution is 6.04. The van der Waals surface area contributed by atoms with Crippen LogP contribution in [0.25, 0.3) is 0 Å². The molecule has 2 rings (SSSR count). The van der Waals surface area contributed by atoms with E-state index < -0.39 is 0 Å². The van der Waals surface area contributed by atoms with Crippen molar-refractivity contribution >= 4 is 23.2 Å².